The number of rotatable bonds is 6. The summed E-state index contributed by atoms with van der Waals surface area (Å²) in [7, 11) is 0. The van der Waals surface area contributed by atoms with Crippen LogP contribution in [0, 0.1) is 6.92 Å². The molecule has 0 saturated heterocycles. The highest BCUT2D eigenvalue weighted by atomic mass is 79.9. The second-order valence-electron chi connectivity index (χ2n) is 8.33. The van der Waals surface area contributed by atoms with E-state index in [1.54, 1.807) is 6.07 Å². The van der Waals surface area contributed by atoms with Crippen molar-refractivity contribution in [3.05, 3.63) is 51.3 Å². The van der Waals surface area contributed by atoms with E-state index in [-0.39, 0.29) is 18.0 Å². The Morgan fingerprint density at radius 3 is 2.48 bits per heavy atom. The fraction of sp³-hybridized carbons (Fsp3) is 0.522. The highest BCUT2D eigenvalue weighted by molar-refractivity contribution is 9.10. The van der Waals surface area contributed by atoms with Crippen LogP contribution in [-0.4, -0.2) is 21.9 Å². The molecule has 5 nitrogen and oxygen atoms in total. The number of hydrogen-bond donors (Lipinski definition) is 2. The minimum atomic E-state index is -0.111. The number of aryl methyl sites for hydroxylation is 1. The van der Waals surface area contributed by atoms with Crippen LogP contribution in [0.3, 0.4) is 0 Å². The fourth-order valence-corrected chi connectivity index (χ4v) is 4.52. The van der Waals surface area contributed by atoms with Crippen LogP contribution in [0.4, 0.5) is 5.95 Å². The molecule has 1 heterocycles. The number of anilines is 1. The second-order valence-corrected chi connectivity index (χ2v) is 9.18. The first-order chi connectivity index (χ1) is 13.8. The largest absolute Gasteiger partial charge is 0.348 e. The third-order valence-electron chi connectivity index (χ3n) is 5.53. The first-order valence-corrected chi connectivity index (χ1v) is 11.3. The van der Waals surface area contributed by atoms with Gasteiger partial charge >= 0.3 is 0 Å². The molecule has 1 aliphatic carbocycles. The Balaban J connectivity index is 1.73. The number of benzene rings is 1. The number of aromatic nitrogens is 2. The molecule has 1 atom stereocenters. The van der Waals surface area contributed by atoms with Crippen molar-refractivity contribution in [1.82, 2.24) is 15.3 Å². The van der Waals surface area contributed by atoms with E-state index in [1.807, 2.05) is 6.92 Å². The van der Waals surface area contributed by atoms with Crippen LogP contribution >= 0.6 is 15.9 Å². The molecular weight excluding hydrogens is 428 g/mol. The highest BCUT2D eigenvalue weighted by Crippen LogP contribution is 2.29. The van der Waals surface area contributed by atoms with Crippen LogP contribution in [0.15, 0.2) is 28.7 Å². The maximum Gasteiger partial charge on any atom is 0.270 e. The van der Waals surface area contributed by atoms with E-state index >= 15 is 0 Å². The van der Waals surface area contributed by atoms with Crippen molar-refractivity contribution in [3.8, 4) is 0 Å². The van der Waals surface area contributed by atoms with E-state index in [4.69, 9.17) is 0 Å². The standard InChI is InChI=1S/C23H31BrN4O/c1-14(2)17-10-11-19(20(24)13-17)16(4)26-23-25-15(3)12-21(28-23)22(29)27-18-8-6-5-7-9-18/h10-14,16,18H,5-9H2,1-4H3,(H,27,29)(H,25,26,28). The minimum Gasteiger partial charge on any atom is -0.348 e. The van der Waals surface area contributed by atoms with Gasteiger partial charge in [-0.25, -0.2) is 9.97 Å². The molecule has 1 fully saturated rings. The first-order valence-electron chi connectivity index (χ1n) is 10.6. The van der Waals surface area contributed by atoms with Gasteiger partial charge in [0.15, 0.2) is 0 Å². The number of hydrogen-bond acceptors (Lipinski definition) is 4. The normalized spacial score (nSPS) is 15.9. The van der Waals surface area contributed by atoms with E-state index in [0.717, 1.165) is 28.6 Å². The lowest BCUT2D eigenvalue weighted by molar-refractivity contribution is 0.0922. The van der Waals surface area contributed by atoms with Gasteiger partial charge in [-0.2, -0.15) is 0 Å². The lowest BCUT2D eigenvalue weighted by atomic mass is 9.95. The van der Waals surface area contributed by atoms with Gasteiger partial charge in [-0.1, -0.05) is 61.2 Å². The van der Waals surface area contributed by atoms with Crippen molar-refractivity contribution in [3.63, 3.8) is 0 Å². The summed E-state index contributed by atoms with van der Waals surface area (Å²) in [5, 5.41) is 6.49. The Hall–Kier alpha value is -1.95. The van der Waals surface area contributed by atoms with Crippen molar-refractivity contribution >= 4 is 27.8 Å². The summed E-state index contributed by atoms with van der Waals surface area (Å²) in [5.41, 5.74) is 3.62. The van der Waals surface area contributed by atoms with Crippen molar-refractivity contribution in [2.45, 2.75) is 77.8 Å². The number of halogens is 1. The van der Waals surface area contributed by atoms with Gasteiger partial charge in [-0.15, -0.1) is 0 Å². The average molecular weight is 459 g/mol. The van der Waals surface area contributed by atoms with Crippen LogP contribution < -0.4 is 10.6 Å². The van der Waals surface area contributed by atoms with E-state index in [1.165, 1.54) is 24.8 Å². The van der Waals surface area contributed by atoms with Gasteiger partial charge in [0.2, 0.25) is 5.95 Å². The van der Waals surface area contributed by atoms with Crippen LogP contribution in [0.2, 0.25) is 0 Å². The molecule has 2 aromatic rings. The summed E-state index contributed by atoms with van der Waals surface area (Å²) in [6, 6.07) is 8.46. The van der Waals surface area contributed by atoms with Gasteiger partial charge in [0.1, 0.15) is 5.69 Å². The predicted molar refractivity (Wildman–Crippen MR) is 121 cm³/mol. The molecule has 1 aliphatic rings. The molecule has 1 aromatic carbocycles. The Morgan fingerprint density at radius 2 is 1.83 bits per heavy atom. The maximum absolute atomic E-state index is 12.7. The van der Waals surface area contributed by atoms with E-state index < -0.39 is 0 Å². The number of carbonyl (C=O) groups excluding carboxylic acids is 1. The van der Waals surface area contributed by atoms with E-state index in [2.05, 4.69) is 75.5 Å². The van der Waals surface area contributed by atoms with Crippen molar-refractivity contribution in [2.75, 3.05) is 5.32 Å². The van der Waals surface area contributed by atoms with Crippen LogP contribution in [0.5, 0.6) is 0 Å². The monoisotopic (exact) mass is 458 g/mol. The lowest BCUT2D eigenvalue weighted by Crippen LogP contribution is -2.36. The molecule has 3 rings (SSSR count). The topological polar surface area (TPSA) is 66.9 Å². The zero-order chi connectivity index (χ0) is 21.0. The maximum atomic E-state index is 12.7. The molecule has 156 valence electrons. The second kappa shape index (κ2) is 9.70. The predicted octanol–water partition coefficient (Wildman–Crippen LogP) is 5.91. The number of nitrogens with one attached hydrogen (secondary N) is 2. The molecule has 6 heteroatoms. The van der Waals surface area contributed by atoms with Crippen molar-refractivity contribution < 1.29 is 4.79 Å². The molecule has 0 radical (unpaired) electrons. The SMILES string of the molecule is Cc1cc(C(=O)NC2CCCCC2)nc(NC(C)c2ccc(C(C)C)cc2Br)n1. The van der Waals surface area contributed by atoms with Crippen LogP contribution in [0.25, 0.3) is 0 Å². The molecular formula is C23H31BrN4O. The number of nitrogens with zero attached hydrogens (tertiary/aromatic N) is 2. The minimum absolute atomic E-state index is 0.00152. The highest BCUT2D eigenvalue weighted by Gasteiger charge is 2.19. The zero-order valence-electron chi connectivity index (χ0n) is 17.8. The van der Waals surface area contributed by atoms with Gasteiger partial charge in [-0.05, 0) is 55.9 Å². The van der Waals surface area contributed by atoms with Gasteiger partial charge < -0.3 is 10.6 Å². The third kappa shape index (κ3) is 5.78. The van der Waals surface area contributed by atoms with Gasteiger partial charge in [-0.3, -0.25) is 4.79 Å². The Morgan fingerprint density at radius 1 is 1.10 bits per heavy atom. The first kappa shape index (κ1) is 21.8. The summed E-state index contributed by atoms with van der Waals surface area (Å²) in [4.78, 5) is 21.7. The van der Waals surface area contributed by atoms with Gasteiger partial charge in [0.05, 0.1) is 6.04 Å². The molecule has 1 aromatic heterocycles. The fourth-order valence-electron chi connectivity index (χ4n) is 3.78. The van der Waals surface area contributed by atoms with E-state index in [0.29, 0.717) is 17.6 Å². The Kier molecular flexibility index (Phi) is 7.28. The smallest absolute Gasteiger partial charge is 0.270 e. The molecule has 29 heavy (non-hydrogen) atoms. The quantitative estimate of drug-likeness (QED) is 0.564. The number of amides is 1. The Labute approximate surface area is 182 Å². The van der Waals surface area contributed by atoms with E-state index in [9.17, 15) is 4.79 Å². The van der Waals surface area contributed by atoms with Crippen LogP contribution in [-0.2, 0) is 0 Å². The third-order valence-corrected chi connectivity index (χ3v) is 6.22. The summed E-state index contributed by atoms with van der Waals surface area (Å²) in [5.74, 6) is 0.848. The van der Waals surface area contributed by atoms with Crippen molar-refractivity contribution in [1.29, 1.82) is 0 Å². The lowest BCUT2D eigenvalue weighted by Gasteiger charge is -2.22. The molecule has 2 N–H and O–H groups in total. The summed E-state index contributed by atoms with van der Waals surface area (Å²) in [6.45, 7) is 8.33. The molecule has 1 saturated carbocycles. The van der Waals surface area contributed by atoms with Gasteiger partial charge in [0.25, 0.3) is 5.91 Å². The molecule has 1 amide bonds. The Bertz CT molecular complexity index is 862. The van der Waals surface area contributed by atoms with Gasteiger partial charge in [0, 0.05) is 16.2 Å². The van der Waals surface area contributed by atoms with Crippen molar-refractivity contribution in [2.24, 2.45) is 0 Å². The number of carbonyl (C=O) groups is 1. The average Bonchev–Trinajstić information content (AvgIpc) is 2.68. The summed E-state index contributed by atoms with van der Waals surface area (Å²) < 4.78 is 1.06. The molecule has 0 bridgehead atoms. The van der Waals surface area contributed by atoms with Crippen LogP contribution in [0.1, 0.15) is 92.1 Å². The zero-order valence-corrected chi connectivity index (χ0v) is 19.3. The summed E-state index contributed by atoms with van der Waals surface area (Å²) in [6.07, 6.45) is 5.74. The molecule has 0 spiro atoms. The molecule has 1 unspecified atom stereocenters. The molecule has 0 aliphatic heterocycles. The summed E-state index contributed by atoms with van der Waals surface area (Å²) >= 11 is 3.69.